The lowest BCUT2D eigenvalue weighted by molar-refractivity contribution is 0.173. The van der Waals surface area contributed by atoms with Crippen molar-refractivity contribution < 1.29 is 18.9 Å². The molecule has 0 saturated heterocycles. The van der Waals surface area contributed by atoms with Crippen LogP contribution in [-0.4, -0.2) is 18.6 Å². The highest BCUT2D eigenvalue weighted by atomic mass is 16.7. The first-order chi connectivity index (χ1) is 11.9. The maximum atomic E-state index is 5.47. The minimum atomic E-state index is 0.265. The highest BCUT2D eigenvalue weighted by Gasteiger charge is 2.15. The van der Waals surface area contributed by atoms with Crippen LogP contribution in [0.4, 0.5) is 0 Å². The smallest absolute Gasteiger partial charge is 0.231 e. The van der Waals surface area contributed by atoms with E-state index in [2.05, 4.69) is 4.98 Å². The molecule has 2 aliphatic rings. The van der Waals surface area contributed by atoms with E-state index in [0.29, 0.717) is 0 Å². The van der Waals surface area contributed by atoms with Gasteiger partial charge in [-0.1, -0.05) is 12.1 Å². The summed E-state index contributed by atoms with van der Waals surface area (Å²) in [6, 6.07) is 11.8. The van der Waals surface area contributed by atoms with Crippen molar-refractivity contribution in [2.75, 3.05) is 13.6 Å². The highest BCUT2D eigenvalue weighted by molar-refractivity contribution is 5.93. The molecule has 24 heavy (non-hydrogen) atoms. The van der Waals surface area contributed by atoms with Crippen LogP contribution in [0.2, 0.25) is 0 Å². The van der Waals surface area contributed by atoms with Gasteiger partial charge in [-0.05, 0) is 47.4 Å². The quantitative estimate of drug-likeness (QED) is 0.718. The molecule has 2 aromatic carbocycles. The summed E-state index contributed by atoms with van der Waals surface area (Å²) in [6.45, 7) is 0.544. The molecule has 0 unspecified atom stereocenters. The molecular formula is C19H13NO4. The van der Waals surface area contributed by atoms with Gasteiger partial charge in [0.2, 0.25) is 13.6 Å². The molecule has 0 saturated carbocycles. The number of benzene rings is 2. The molecule has 1 aromatic heterocycles. The fraction of sp³-hybridized carbons (Fsp3) is 0.105. The molecule has 2 aliphatic heterocycles. The average molecular weight is 319 g/mol. The van der Waals surface area contributed by atoms with Gasteiger partial charge in [-0.15, -0.1) is 0 Å². The molecule has 0 spiro atoms. The molecule has 0 bridgehead atoms. The van der Waals surface area contributed by atoms with Gasteiger partial charge in [-0.2, -0.15) is 0 Å². The molecule has 0 aliphatic carbocycles. The molecule has 0 atom stereocenters. The van der Waals surface area contributed by atoms with Crippen LogP contribution in [0.25, 0.3) is 22.9 Å². The third-order valence-corrected chi connectivity index (χ3v) is 4.12. The highest BCUT2D eigenvalue weighted by Crippen LogP contribution is 2.37. The predicted molar refractivity (Wildman–Crippen MR) is 89.4 cm³/mol. The second-order valence-corrected chi connectivity index (χ2v) is 5.57. The van der Waals surface area contributed by atoms with Crippen LogP contribution < -0.4 is 18.9 Å². The first-order valence-electron chi connectivity index (χ1n) is 7.63. The molecule has 0 amide bonds. The third-order valence-electron chi connectivity index (χ3n) is 4.12. The van der Waals surface area contributed by atoms with Crippen molar-refractivity contribution in [2.24, 2.45) is 0 Å². The van der Waals surface area contributed by atoms with Gasteiger partial charge in [0, 0.05) is 11.6 Å². The molecule has 5 rings (SSSR count). The Morgan fingerprint density at radius 1 is 0.750 bits per heavy atom. The van der Waals surface area contributed by atoms with Crippen molar-refractivity contribution in [3.8, 4) is 23.0 Å². The fourth-order valence-corrected chi connectivity index (χ4v) is 2.91. The Labute approximate surface area is 138 Å². The first-order valence-corrected chi connectivity index (χ1v) is 7.63. The van der Waals surface area contributed by atoms with Gasteiger partial charge in [0.15, 0.2) is 23.0 Å². The van der Waals surface area contributed by atoms with E-state index in [0.717, 1.165) is 45.0 Å². The third kappa shape index (κ3) is 2.13. The van der Waals surface area contributed by atoms with Gasteiger partial charge in [-0.3, -0.25) is 4.98 Å². The van der Waals surface area contributed by atoms with Crippen molar-refractivity contribution >= 4 is 22.9 Å². The van der Waals surface area contributed by atoms with Crippen LogP contribution in [0.3, 0.4) is 0 Å². The van der Waals surface area contributed by atoms with E-state index in [9.17, 15) is 0 Å². The maximum absolute atomic E-state index is 5.47. The lowest BCUT2D eigenvalue weighted by Gasteiger charge is -2.04. The van der Waals surface area contributed by atoms with Gasteiger partial charge in [-0.25, -0.2) is 0 Å². The van der Waals surface area contributed by atoms with E-state index in [1.54, 1.807) is 6.20 Å². The molecule has 5 nitrogen and oxygen atoms in total. The van der Waals surface area contributed by atoms with Gasteiger partial charge in [0.25, 0.3) is 0 Å². The van der Waals surface area contributed by atoms with Gasteiger partial charge >= 0.3 is 0 Å². The Hall–Kier alpha value is -3.21. The maximum Gasteiger partial charge on any atom is 0.231 e. The molecule has 3 aromatic rings. The summed E-state index contributed by atoms with van der Waals surface area (Å²) in [5.74, 6) is 3.09. The van der Waals surface area contributed by atoms with Crippen molar-refractivity contribution in [3.63, 3.8) is 0 Å². The zero-order chi connectivity index (χ0) is 15.9. The summed E-state index contributed by atoms with van der Waals surface area (Å²) in [5, 5.41) is 2.10. The monoisotopic (exact) mass is 319 g/mol. The molecule has 5 heteroatoms. The standard InChI is InChI=1S/C19H13NO4/c1(12-2-4-16-17(7-12)22-10-21-16)3-15-14-9-19-18(23-11-24-19)8-13(14)5-6-20-15/h1-9H,10-11H2/b3-1+. The molecule has 118 valence electrons. The Morgan fingerprint density at radius 2 is 1.50 bits per heavy atom. The van der Waals surface area contributed by atoms with E-state index in [1.807, 2.05) is 48.6 Å². The van der Waals surface area contributed by atoms with Gasteiger partial charge in [0.05, 0.1) is 5.69 Å². The van der Waals surface area contributed by atoms with Crippen LogP contribution in [-0.2, 0) is 0 Å². The molecule has 0 N–H and O–H groups in total. The van der Waals surface area contributed by atoms with E-state index in [4.69, 9.17) is 18.9 Å². The summed E-state index contributed by atoms with van der Waals surface area (Å²) in [4.78, 5) is 4.48. The lowest BCUT2D eigenvalue weighted by Crippen LogP contribution is -1.92. The summed E-state index contributed by atoms with van der Waals surface area (Å²) < 4.78 is 21.6. The van der Waals surface area contributed by atoms with Gasteiger partial charge < -0.3 is 18.9 Å². The number of fused-ring (bicyclic) bond motifs is 3. The average Bonchev–Trinajstić information content (AvgIpc) is 3.25. The number of hydrogen-bond donors (Lipinski definition) is 0. The molecular weight excluding hydrogens is 306 g/mol. The Morgan fingerprint density at radius 3 is 2.38 bits per heavy atom. The van der Waals surface area contributed by atoms with Crippen molar-refractivity contribution in [3.05, 3.63) is 53.9 Å². The van der Waals surface area contributed by atoms with Crippen molar-refractivity contribution in [1.29, 1.82) is 0 Å². The number of pyridine rings is 1. The Bertz CT molecular complexity index is 981. The zero-order valence-electron chi connectivity index (χ0n) is 12.7. The second-order valence-electron chi connectivity index (χ2n) is 5.57. The Balaban J connectivity index is 1.54. The molecule has 0 radical (unpaired) electrons. The van der Waals surface area contributed by atoms with Crippen LogP contribution in [0.15, 0.2) is 42.6 Å². The number of rotatable bonds is 2. The van der Waals surface area contributed by atoms with Crippen LogP contribution >= 0.6 is 0 Å². The number of nitrogens with zero attached hydrogens (tertiary/aromatic N) is 1. The van der Waals surface area contributed by atoms with Gasteiger partial charge in [0.1, 0.15) is 0 Å². The van der Waals surface area contributed by atoms with Crippen molar-refractivity contribution in [2.45, 2.75) is 0 Å². The van der Waals surface area contributed by atoms with Crippen molar-refractivity contribution in [1.82, 2.24) is 4.98 Å². The summed E-state index contributed by atoms with van der Waals surface area (Å²) in [6.07, 6.45) is 5.79. The van der Waals surface area contributed by atoms with Crippen LogP contribution in [0.5, 0.6) is 23.0 Å². The van der Waals surface area contributed by atoms with E-state index < -0.39 is 0 Å². The topological polar surface area (TPSA) is 49.8 Å². The number of ether oxygens (including phenoxy) is 4. The lowest BCUT2D eigenvalue weighted by atomic mass is 10.1. The minimum Gasteiger partial charge on any atom is -0.454 e. The molecule has 3 heterocycles. The fourth-order valence-electron chi connectivity index (χ4n) is 2.91. The van der Waals surface area contributed by atoms with E-state index in [1.165, 1.54) is 0 Å². The second kappa shape index (κ2) is 5.16. The summed E-state index contributed by atoms with van der Waals surface area (Å²) in [7, 11) is 0. The van der Waals surface area contributed by atoms with Crippen LogP contribution in [0, 0.1) is 0 Å². The predicted octanol–water partition coefficient (Wildman–Crippen LogP) is 3.86. The van der Waals surface area contributed by atoms with E-state index in [-0.39, 0.29) is 13.6 Å². The summed E-state index contributed by atoms with van der Waals surface area (Å²) >= 11 is 0. The molecule has 0 fully saturated rings. The number of hydrogen-bond acceptors (Lipinski definition) is 5. The Kier molecular flexibility index (Phi) is 2.85. The zero-order valence-corrected chi connectivity index (χ0v) is 12.7. The minimum absolute atomic E-state index is 0.265. The number of aromatic nitrogens is 1. The first kappa shape index (κ1) is 13.2. The van der Waals surface area contributed by atoms with Crippen LogP contribution in [0.1, 0.15) is 11.3 Å². The van der Waals surface area contributed by atoms with E-state index >= 15 is 0 Å². The SMILES string of the molecule is C(=C\c1nccc2cc3c(cc12)OCO3)/c1ccc2c(c1)OCO2. The summed E-state index contributed by atoms with van der Waals surface area (Å²) in [5.41, 5.74) is 1.90. The normalized spacial score (nSPS) is 14.7. The largest absolute Gasteiger partial charge is 0.454 e.